The van der Waals surface area contributed by atoms with Crippen LogP contribution in [0.2, 0.25) is 0 Å². The summed E-state index contributed by atoms with van der Waals surface area (Å²) in [7, 11) is 3.23. The highest BCUT2D eigenvalue weighted by atomic mass is 32.2. The van der Waals surface area contributed by atoms with Crippen molar-refractivity contribution in [1.82, 2.24) is 14.6 Å². The smallest absolute Gasteiger partial charge is 0.196 e. The predicted octanol–water partition coefficient (Wildman–Crippen LogP) is 4.89. The zero-order valence-electron chi connectivity index (χ0n) is 19.1. The zero-order chi connectivity index (χ0) is 24.0. The highest BCUT2D eigenvalue weighted by Gasteiger charge is 2.37. The zero-order valence-corrected chi connectivity index (χ0v) is 20.7. The van der Waals surface area contributed by atoms with E-state index in [4.69, 9.17) is 23.4 Å². The number of aromatic nitrogens is 3. The van der Waals surface area contributed by atoms with E-state index in [0.29, 0.717) is 65.3 Å². The molecule has 6 rings (SSSR count). The summed E-state index contributed by atoms with van der Waals surface area (Å²) in [4.78, 5) is 9.15. The van der Waals surface area contributed by atoms with Crippen LogP contribution in [0.25, 0.3) is 22.4 Å². The lowest BCUT2D eigenvalue weighted by Gasteiger charge is -2.27. The molecular formula is C23H23FN4O5S2. The summed E-state index contributed by atoms with van der Waals surface area (Å²) in [5, 5.41) is 3.90. The Balaban J connectivity index is 1.25. The third kappa shape index (κ3) is 4.24. The number of ether oxygens (including phenoxy) is 4. The minimum absolute atomic E-state index is 0.170. The molecule has 0 radical (unpaired) electrons. The predicted molar refractivity (Wildman–Crippen MR) is 129 cm³/mol. The minimum Gasteiger partial charge on any atom is -0.496 e. The van der Waals surface area contributed by atoms with Crippen LogP contribution in [0, 0.1) is 0 Å². The van der Waals surface area contributed by atoms with E-state index in [1.54, 1.807) is 20.3 Å². The second kappa shape index (κ2) is 9.01. The van der Waals surface area contributed by atoms with E-state index in [0.717, 1.165) is 10.5 Å². The largest absolute Gasteiger partial charge is 0.496 e. The maximum Gasteiger partial charge on any atom is 0.196 e. The van der Waals surface area contributed by atoms with Crippen LogP contribution in [0.4, 0.5) is 4.39 Å². The maximum absolute atomic E-state index is 15.2. The second-order valence-corrected chi connectivity index (χ2v) is 10.1. The fourth-order valence-corrected chi connectivity index (χ4v) is 5.86. The molecule has 1 N–H and O–H groups in total. The summed E-state index contributed by atoms with van der Waals surface area (Å²) < 4.78 is 45.3. The molecule has 0 aliphatic carbocycles. The van der Waals surface area contributed by atoms with Crippen molar-refractivity contribution in [2.24, 2.45) is 0 Å². The molecule has 2 aliphatic heterocycles. The lowest BCUT2D eigenvalue weighted by molar-refractivity contribution is -0.0117. The third-order valence-electron chi connectivity index (χ3n) is 6.00. The second-order valence-electron chi connectivity index (χ2n) is 8.25. The Kier molecular flexibility index (Phi) is 5.83. The van der Waals surface area contributed by atoms with Gasteiger partial charge < -0.3 is 23.4 Å². The molecule has 1 aromatic carbocycles. The van der Waals surface area contributed by atoms with Gasteiger partial charge in [0, 0.05) is 37.5 Å². The number of furan rings is 1. The van der Waals surface area contributed by atoms with E-state index in [9.17, 15) is 0 Å². The van der Waals surface area contributed by atoms with Crippen LogP contribution in [0.3, 0.4) is 0 Å². The van der Waals surface area contributed by atoms with Crippen LogP contribution in [0.1, 0.15) is 23.5 Å². The van der Waals surface area contributed by atoms with Gasteiger partial charge >= 0.3 is 0 Å². The van der Waals surface area contributed by atoms with E-state index in [2.05, 4.69) is 15.4 Å². The van der Waals surface area contributed by atoms with Gasteiger partial charge in [0.15, 0.2) is 22.1 Å². The summed E-state index contributed by atoms with van der Waals surface area (Å²) in [6, 6.07) is 5.51. The number of benzene rings is 1. The lowest BCUT2D eigenvalue weighted by atomic mass is 9.97. The molecule has 3 aromatic heterocycles. The Hall–Kier alpha value is -2.80. The van der Waals surface area contributed by atoms with Gasteiger partial charge in [0.05, 0.1) is 37.6 Å². The molecule has 1 saturated heterocycles. The van der Waals surface area contributed by atoms with E-state index < -0.39 is 5.67 Å². The number of hydrogen-bond donors (Lipinski definition) is 1. The van der Waals surface area contributed by atoms with Crippen molar-refractivity contribution in [3.8, 4) is 23.0 Å². The van der Waals surface area contributed by atoms with Gasteiger partial charge in [0.25, 0.3) is 0 Å². The normalized spacial score (nSPS) is 19.0. The number of methoxy groups -OCH3 is 2. The summed E-state index contributed by atoms with van der Waals surface area (Å²) in [5.74, 6) is 1.79. The van der Waals surface area contributed by atoms with E-state index in [-0.39, 0.29) is 12.2 Å². The first kappa shape index (κ1) is 22.7. The maximum atomic E-state index is 15.2. The van der Waals surface area contributed by atoms with E-state index in [1.165, 1.54) is 23.1 Å². The van der Waals surface area contributed by atoms with Crippen LogP contribution >= 0.6 is 23.1 Å². The molecule has 5 heterocycles. The molecular weight excluding hydrogens is 495 g/mol. The van der Waals surface area contributed by atoms with Crippen LogP contribution in [0.5, 0.6) is 11.5 Å². The van der Waals surface area contributed by atoms with Gasteiger partial charge in [-0.2, -0.15) is 0 Å². The number of thioether (sulfide) groups is 1. The lowest BCUT2D eigenvalue weighted by Crippen LogP contribution is -2.29. The van der Waals surface area contributed by atoms with Gasteiger partial charge in [-0.15, -0.1) is 11.3 Å². The number of fused-ring (bicyclic) bond motifs is 2. The molecule has 12 heteroatoms. The van der Waals surface area contributed by atoms with Gasteiger partial charge in [-0.25, -0.2) is 19.0 Å². The fourth-order valence-electron chi connectivity index (χ4n) is 4.08. The third-order valence-corrected chi connectivity index (χ3v) is 8.08. The van der Waals surface area contributed by atoms with Crippen molar-refractivity contribution in [1.29, 1.82) is 0 Å². The van der Waals surface area contributed by atoms with Crippen molar-refractivity contribution in [3.63, 3.8) is 0 Å². The summed E-state index contributed by atoms with van der Waals surface area (Å²) in [6.07, 6.45) is 2.51. The standard InChI is InChI=1S/C23H23FN4O5S2/c1-29-14-7-17(32-11-13-12-34-20(25-13)23(24)3-5-31-6-4-23)15-9-19(33-18(15)8-14)16-10-28-21(26-16)35-22(27-28)30-2/h7-10,12,22,27H,3-6,11H2,1-2H3. The molecule has 4 aromatic rings. The Morgan fingerprint density at radius 1 is 1.23 bits per heavy atom. The highest BCUT2D eigenvalue weighted by Crippen LogP contribution is 2.40. The van der Waals surface area contributed by atoms with Crippen molar-refractivity contribution in [2.75, 3.05) is 32.9 Å². The Bertz CT molecular complexity index is 1340. The molecule has 1 fully saturated rings. The average Bonchev–Trinajstić information content (AvgIpc) is 3.65. The van der Waals surface area contributed by atoms with E-state index in [1.807, 2.05) is 28.4 Å². The number of halogens is 1. The molecule has 0 saturated carbocycles. The molecule has 0 spiro atoms. The molecule has 35 heavy (non-hydrogen) atoms. The fraction of sp³-hybridized carbons (Fsp3) is 0.391. The monoisotopic (exact) mass is 518 g/mol. The topological polar surface area (TPSA) is 92.8 Å². The Morgan fingerprint density at radius 2 is 2.09 bits per heavy atom. The minimum atomic E-state index is -1.43. The SMILES string of the molecule is COc1cc(OCc2csc(C3(F)CCOCC3)n2)c2cc(-c3cn4c(n3)SC(OC)N4)oc2c1. The molecule has 1 unspecified atom stereocenters. The molecule has 184 valence electrons. The van der Waals surface area contributed by atoms with Gasteiger partial charge in [0.1, 0.15) is 34.4 Å². The van der Waals surface area contributed by atoms with Crippen molar-refractivity contribution in [3.05, 3.63) is 40.5 Å². The number of nitrogens with one attached hydrogen (secondary N) is 1. The van der Waals surface area contributed by atoms with Crippen molar-refractivity contribution < 1.29 is 27.8 Å². The van der Waals surface area contributed by atoms with Crippen LogP contribution in [-0.4, -0.2) is 47.6 Å². The van der Waals surface area contributed by atoms with Crippen LogP contribution in [0.15, 0.2) is 39.3 Å². The summed E-state index contributed by atoms with van der Waals surface area (Å²) in [6.45, 7) is 1.02. The first-order valence-corrected chi connectivity index (χ1v) is 12.8. The number of thiazole rings is 1. The first-order chi connectivity index (χ1) is 17.0. The van der Waals surface area contributed by atoms with Gasteiger partial charge in [-0.3, -0.25) is 5.43 Å². The number of nitrogens with zero attached hydrogens (tertiary/aromatic N) is 3. The van der Waals surface area contributed by atoms with Crippen LogP contribution in [-0.2, 0) is 21.7 Å². The number of rotatable bonds is 7. The summed E-state index contributed by atoms with van der Waals surface area (Å²) >= 11 is 2.80. The van der Waals surface area contributed by atoms with E-state index >= 15 is 4.39 Å². The molecule has 2 aliphatic rings. The Labute approximate surface area is 208 Å². The van der Waals surface area contributed by atoms with Crippen LogP contribution < -0.4 is 14.9 Å². The van der Waals surface area contributed by atoms with Gasteiger partial charge in [0.2, 0.25) is 0 Å². The Morgan fingerprint density at radius 3 is 2.86 bits per heavy atom. The number of alkyl halides is 1. The summed E-state index contributed by atoms with van der Waals surface area (Å²) in [5.41, 5.74) is 3.55. The number of imidazole rings is 1. The molecule has 9 nitrogen and oxygen atoms in total. The average molecular weight is 519 g/mol. The van der Waals surface area contributed by atoms with Gasteiger partial charge in [-0.1, -0.05) is 0 Å². The quantitative estimate of drug-likeness (QED) is 0.367. The molecule has 1 atom stereocenters. The van der Waals surface area contributed by atoms with Crippen molar-refractivity contribution in [2.45, 2.75) is 35.8 Å². The first-order valence-electron chi connectivity index (χ1n) is 11.1. The highest BCUT2D eigenvalue weighted by molar-refractivity contribution is 7.99. The number of hydrogen-bond acceptors (Lipinski definition) is 10. The van der Waals surface area contributed by atoms with Gasteiger partial charge in [-0.05, 0) is 17.8 Å². The molecule has 0 bridgehead atoms. The van der Waals surface area contributed by atoms with Crippen molar-refractivity contribution >= 4 is 34.1 Å². The molecule has 0 amide bonds.